The molecule has 1 aliphatic heterocycles. The molecule has 3 heterocycles. The second kappa shape index (κ2) is 6.80. The highest BCUT2D eigenvalue weighted by Gasteiger charge is 2.30. The fourth-order valence-corrected chi connectivity index (χ4v) is 4.32. The molecule has 0 N–H and O–H groups in total. The van der Waals surface area contributed by atoms with Gasteiger partial charge in [-0.2, -0.15) is 0 Å². The van der Waals surface area contributed by atoms with E-state index in [1.54, 1.807) is 17.5 Å². The molecule has 2 aliphatic rings. The van der Waals surface area contributed by atoms with Gasteiger partial charge in [-0.25, -0.2) is 19.9 Å². The van der Waals surface area contributed by atoms with Gasteiger partial charge >= 0.3 is 0 Å². The molecule has 2 aromatic heterocycles. The second-order valence-electron chi connectivity index (χ2n) is 7.12. The molecule has 3 aromatic rings. The molecule has 2 fully saturated rings. The van der Waals surface area contributed by atoms with Crippen molar-refractivity contribution in [3.8, 4) is 5.75 Å². The van der Waals surface area contributed by atoms with Gasteiger partial charge in [0.05, 0.1) is 23.3 Å². The van der Waals surface area contributed by atoms with Crippen molar-refractivity contribution in [2.75, 3.05) is 13.1 Å². The number of aryl methyl sites for hydroxylation is 1. The summed E-state index contributed by atoms with van der Waals surface area (Å²) in [5.74, 6) is 3.06. The Hall–Kier alpha value is -2.11. The minimum atomic E-state index is 0.148. The van der Waals surface area contributed by atoms with Gasteiger partial charge in [-0.05, 0) is 37.5 Å². The second-order valence-corrected chi connectivity index (χ2v) is 8.53. The number of fused-ring (bicyclic) bond motifs is 1. The van der Waals surface area contributed by atoms with Crippen LogP contribution in [0.25, 0.3) is 10.2 Å². The van der Waals surface area contributed by atoms with Crippen molar-refractivity contribution in [1.82, 2.24) is 19.9 Å². The van der Waals surface area contributed by atoms with Crippen LogP contribution in [0.3, 0.4) is 0 Å². The standard InChI is InChI=1S/C19H20N5OPS/c1-11-6-14(17-15(7-11)27-10-21-17)25-13-8-24(9-13)19(26)23-16-4-5-20-18(22-16)12-2-3-12/h4-7,10,12-13H,2-3,8-9,26H2,1H3. The quantitative estimate of drug-likeness (QED) is 0.380. The van der Waals surface area contributed by atoms with Gasteiger partial charge in [-0.1, -0.05) is 9.24 Å². The third-order valence-electron chi connectivity index (χ3n) is 4.84. The molecule has 1 saturated heterocycles. The fraction of sp³-hybridized carbons (Fsp3) is 0.368. The molecule has 0 radical (unpaired) electrons. The van der Waals surface area contributed by atoms with Crippen molar-refractivity contribution in [3.05, 3.63) is 41.3 Å². The lowest BCUT2D eigenvalue weighted by atomic mass is 10.1. The predicted octanol–water partition coefficient (Wildman–Crippen LogP) is 3.90. The number of nitrogens with zero attached hydrogens (tertiary/aromatic N) is 5. The van der Waals surface area contributed by atoms with E-state index in [1.165, 1.54) is 23.1 Å². The van der Waals surface area contributed by atoms with E-state index < -0.39 is 0 Å². The molecule has 0 bridgehead atoms. The van der Waals surface area contributed by atoms with Crippen LogP contribution < -0.4 is 4.74 Å². The first kappa shape index (κ1) is 17.0. The average molecular weight is 397 g/mol. The lowest BCUT2D eigenvalue weighted by Crippen LogP contribution is -2.54. The highest BCUT2D eigenvalue weighted by molar-refractivity contribution is 7.40. The van der Waals surface area contributed by atoms with Gasteiger partial charge in [0.2, 0.25) is 0 Å². The Morgan fingerprint density at radius 2 is 2.15 bits per heavy atom. The molecule has 0 spiro atoms. The number of rotatable bonds is 4. The van der Waals surface area contributed by atoms with Gasteiger partial charge < -0.3 is 9.64 Å². The monoisotopic (exact) mass is 397 g/mol. The van der Waals surface area contributed by atoms with Crippen molar-refractivity contribution in [1.29, 1.82) is 0 Å². The van der Waals surface area contributed by atoms with Crippen LogP contribution in [-0.2, 0) is 0 Å². The summed E-state index contributed by atoms with van der Waals surface area (Å²) in [7, 11) is 2.72. The summed E-state index contributed by atoms with van der Waals surface area (Å²) in [5.41, 5.74) is 4.91. The zero-order valence-electron chi connectivity index (χ0n) is 15.0. The summed E-state index contributed by atoms with van der Waals surface area (Å²) in [4.78, 5) is 20.2. The maximum absolute atomic E-state index is 6.20. The Morgan fingerprint density at radius 3 is 2.96 bits per heavy atom. The minimum Gasteiger partial charge on any atom is -0.484 e. The smallest absolute Gasteiger partial charge is 0.157 e. The molecule has 27 heavy (non-hydrogen) atoms. The molecule has 5 rings (SSSR count). The van der Waals surface area contributed by atoms with Crippen molar-refractivity contribution in [3.63, 3.8) is 0 Å². The predicted molar refractivity (Wildman–Crippen MR) is 111 cm³/mol. The third kappa shape index (κ3) is 3.54. The van der Waals surface area contributed by atoms with Crippen molar-refractivity contribution < 1.29 is 4.74 Å². The summed E-state index contributed by atoms with van der Waals surface area (Å²) < 4.78 is 7.38. The van der Waals surface area contributed by atoms with E-state index in [-0.39, 0.29) is 6.10 Å². The van der Waals surface area contributed by atoms with Gasteiger partial charge in [0, 0.05) is 18.2 Å². The number of likely N-dealkylation sites (tertiary alicyclic amines) is 1. The van der Waals surface area contributed by atoms with Gasteiger partial charge in [0.1, 0.15) is 28.8 Å². The molecule has 1 saturated carbocycles. The van der Waals surface area contributed by atoms with E-state index >= 15 is 0 Å². The Balaban J connectivity index is 1.25. The van der Waals surface area contributed by atoms with E-state index in [2.05, 4.69) is 53.1 Å². The van der Waals surface area contributed by atoms with Gasteiger partial charge in [-0.3, -0.25) is 0 Å². The van der Waals surface area contributed by atoms with E-state index in [0.717, 1.165) is 41.6 Å². The largest absolute Gasteiger partial charge is 0.484 e. The van der Waals surface area contributed by atoms with Gasteiger partial charge in [-0.15, -0.1) is 11.3 Å². The molecule has 8 heteroatoms. The maximum atomic E-state index is 6.20. The molecular weight excluding hydrogens is 377 g/mol. The Labute approximate surface area is 163 Å². The lowest BCUT2D eigenvalue weighted by Gasteiger charge is -2.40. The lowest BCUT2D eigenvalue weighted by molar-refractivity contribution is 0.0711. The average Bonchev–Trinajstić information content (AvgIpc) is 3.36. The fourth-order valence-electron chi connectivity index (χ4n) is 3.19. The van der Waals surface area contributed by atoms with E-state index in [9.17, 15) is 0 Å². The molecule has 138 valence electrons. The van der Waals surface area contributed by atoms with E-state index in [1.807, 2.05) is 11.6 Å². The number of hydrogen-bond acceptors (Lipinski definition) is 6. The molecule has 1 unspecified atom stereocenters. The number of benzene rings is 1. The van der Waals surface area contributed by atoms with Crippen LogP contribution in [-0.4, -0.2) is 44.6 Å². The topological polar surface area (TPSA) is 63.5 Å². The first-order chi connectivity index (χ1) is 13.2. The number of thiazole rings is 1. The Kier molecular flexibility index (Phi) is 4.29. The van der Waals surface area contributed by atoms with E-state index in [4.69, 9.17) is 4.74 Å². The van der Waals surface area contributed by atoms with Gasteiger partial charge in [0.15, 0.2) is 5.82 Å². The number of ether oxygens (including phenoxy) is 1. The number of aliphatic imine (C=N–C) groups is 1. The summed E-state index contributed by atoms with van der Waals surface area (Å²) in [6, 6.07) is 6.08. The maximum Gasteiger partial charge on any atom is 0.157 e. The van der Waals surface area contributed by atoms with Crippen LogP contribution in [0.2, 0.25) is 0 Å². The van der Waals surface area contributed by atoms with E-state index in [0.29, 0.717) is 5.92 Å². The van der Waals surface area contributed by atoms with Crippen LogP contribution in [0.4, 0.5) is 5.82 Å². The third-order valence-corrected chi connectivity index (χ3v) is 6.11. The van der Waals surface area contributed by atoms with Crippen LogP contribution in [0.1, 0.15) is 30.1 Å². The first-order valence-electron chi connectivity index (χ1n) is 9.08. The normalized spacial score (nSPS) is 18.0. The summed E-state index contributed by atoms with van der Waals surface area (Å²) in [6.45, 7) is 3.70. The molecule has 6 nitrogen and oxygen atoms in total. The zero-order valence-corrected chi connectivity index (χ0v) is 17.0. The number of hydrogen-bond donors (Lipinski definition) is 0. The first-order valence-corrected chi connectivity index (χ1v) is 10.5. The van der Waals surface area contributed by atoms with Crippen LogP contribution in [0.5, 0.6) is 5.75 Å². The highest BCUT2D eigenvalue weighted by Crippen LogP contribution is 2.38. The van der Waals surface area contributed by atoms with Crippen molar-refractivity contribution >= 4 is 42.2 Å². The zero-order chi connectivity index (χ0) is 18.4. The molecular formula is C19H20N5OPS. The van der Waals surface area contributed by atoms with Crippen LogP contribution in [0, 0.1) is 6.92 Å². The highest BCUT2D eigenvalue weighted by atomic mass is 32.1. The Bertz CT molecular complexity index is 1030. The van der Waals surface area contributed by atoms with Gasteiger partial charge in [0.25, 0.3) is 0 Å². The van der Waals surface area contributed by atoms with Crippen molar-refractivity contribution in [2.24, 2.45) is 4.99 Å². The SMILES string of the molecule is Cc1cc(OC2CN(C(P)=Nc3ccnc(C4CC4)n3)C2)c2ncsc2c1. The minimum absolute atomic E-state index is 0.148. The number of aromatic nitrogens is 3. The van der Waals surface area contributed by atoms with Crippen molar-refractivity contribution in [2.45, 2.75) is 31.8 Å². The van der Waals surface area contributed by atoms with Crippen LogP contribution in [0.15, 0.2) is 34.9 Å². The number of amidine groups is 1. The molecule has 0 amide bonds. The molecule has 1 aromatic carbocycles. The summed E-state index contributed by atoms with van der Waals surface area (Å²) >= 11 is 1.65. The molecule has 1 atom stereocenters. The summed E-state index contributed by atoms with van der Waals surface area (Å²) in [5, 5.41) is 0. The molecule has 1 aliphatic carbocycles. The Morgan fingerprint density at radius 1 is 1.30 bits per heavy atom. The van der Waals surface area contributed by atoms with Crippen LogP contribution >= 0.6 is 20.6 Å². The summed E-state index contributed by atoms with van der Waals surface area (Å²) in [6.07, 6.45) is 4.33.